The maximum Gasteiger partial charge on any atom is 0.227 e. The summed E-state index contributed by atoms with van der Waals surface area (Å²) in [6, 6.07) is 27.1. The van der Waals surface area contributed by atoms with E-state index >= 15 is 0 Å². The van der Waals surface area contributed by atoms with Crippen LogP contribution in [0, 0.1) is 0 Å². The van der Waals surface area contributed by atoms with E-state index < -0.39 is 0 Å². The molecule has 4 heteroatoms. The van der Waals surface area contributed by atoms with Gasteiger partial charge in [-0.15, -0.1) is 0 Å². The van der Waals surface area contributed by atoms with Gasteiger partial charge in [0.15, 0.2) is 0 Å². The van der Waals surface area contributed by atoms with Crippen LogP contribution in [0.2, 0.25) is 0 Å². The molecule has 0 bridgehead atoms. The predicted molar refractivity (Wildman–Crippen MR) is 126 cm³/mol. The summed E-state index contributed by atoms with van der Waals surface area (Å²) in [5, 5.41) is 0. The molecule has 4 nitrogen and oxygen atoms in total. The van der Waals surface area contributed by atoms with Crippen LogP contribution in [0.4, 0.5) is 5.69 Å². The lowest BCUT2D eigenvalue weighted by molar-refractivity contribution is -0.117. The van der Waals surface area contributed by atoms with Crippen molar-refractivity contribution in [3.8, 4) is 0 Å². The third kappa shape index (κ3) is 3.74. The second kappa shape index (κ2) is 8.03. The maximum atomic E-state index is 12.8. The molecule has 156 valence electrons. The van der Waals surface area contributed by atoms with Crippen LogP contribution >= 0.6 is 0 Å². The lowest BCUT2D eigenvalue weighted by Crippen LogP contribution is -2.24. The van der Waals surface area contributed by atoms with Gasteiger partial charge in [-0.25, -0.2) is 4.98 Å². The van der Waals surface area contributed by atoms with Crippen molar-refractivity contribution in [1.29, 1.82) is 0 Å². The van der Waals surface area contributed by atoms with Crippen LogP contribution in [0.15, 0.2) is 78.9 Å². The molecule has 31 heavy (non-hydrogen) atoms. The highest BCUT2D eigenvalue weighted by Gasteiger charge is 2.34. The summed E-state index contributed by atoms with van der Waals surface area (Å²) in [7, 11) is 0. The van der Waals surface area contributed by atoms with Gasteiger partial charge >= 0.3 is 0 Å². The Morgan fingerprint density at radius 3 is 2.39 bits per heavy atom. The molecule has 1 aliphatic rings. The maximum absolute atomic E-state index is 12.8. The van der Waals surface area contributed by atoms with E-state index in [-0.39, 0.29) is 11.8 Å². The normalized spacial score (nSPS) is 16.5. The first-order chi connectivity index (χ1) is 15.1. The number of aromatic nitrogens is 2. The zero-order valence-corrected chi connectivity index (χ0v) is 18.0. The molecule has 5 rings (SSSR count). The van der Waals surface area contributed by atoms with Crippen molar-refractivity contribution in [1.82, 2.24) is 9.55 Å². The van der Waals surface area contributed by atoms with Gasteiger partial charge < -0.3 is 9.47 Å². The third-order valence-corrected chi connectivity index (χ3v) is 6.23. The van der Waals surface area contributed by atoms with Gasteiger partial charge in [-0.3, -0.25) is 4.79 Å². The highest BCUT2D eigenvalue weighted by Crippen LogP contribution is 2.33. The van der Waals surface area contributed by atoms with Crippen LogP contribution in [0.3, 0.4) is 0 Å². The summed E-state index contributed by atoms with van der Waals surface area (Å²) >= 11 is 0. The molecule has 1 aliphatic heterocycles. The molecule has 0 radical (unpaired) electrons. The van der Waals surface area contributed by atoms with Crippen LogP contribution in [-0.4, -0.2) is 22.0 Å². The first-order valence-corrected chi connectivity index (χ1v) is 11.0. The van der Waals surface area contributed by atoms with E-state index in [1.54, 1.807) is 0 Å². The Kier molecular flexibility index (Phi) is 5.06. The minimum absolute atomic E-state index is 0.0787. The number of para-hydroxylation sites is 3. The monoisotopic (exact) mass is 409 g/mol. The molecule has 0 spiro atoms. The van der Waals surface area contributed by atoms with Gasteiger partial charge in [0, 0.05) is 31.1 Å². The highest BCUT2D eigenvalue weighted by atomic mass is 16.2. The number of nitrogens with zero attached hydrogens (tertiary/aromatic N) is 3. The molecule has 2 heterocycles. The lowest BCUT2D eigenvalue weighted by atomic mass is 10.0. The number of hydrogen-bond donors (Lipinski definition) is 0. The molecule has 1 fully saturated rings. The fourth-order valence-electron chi connectivity index (χ4n) is 4.50. The summed E-state index contributed by atoms with van der Waals surface area (Å²) in [6.07, 6.45) is 0.491. The van der Waals surface area contributed by atoms with E-state index in [0.717, 1.165) is 29.1 Å². The number of fused-ring (bicyclic) bond motifs is 1. The predicted octanol–water partition coefficient (Wildman–Crippen LogP) is 5.73. The molecule has 1 amide bonds. The minimum Gasteiger partial charge on any atom is -0.323 e. The van der Waals surface area contributed by atoms with Crippen LogP contribution in [0.1, 0.15) is 49.1 Å². The van der Waals surface area contributed by atoms with Gasteiger partial charge in [0.2, 0.25) is 5.91 Å². The van der Waals surface area contributed by atoms with Gasteiger partial charge in [0.05, 0.1) is 11.0 Å². The van der Waals surface area contributed by atoms with E-state index in [9.17, 15) is 4.79 Å². The summed E-state index contributed by atoms with van der Waals surface area (Å²) in [5.74, 6) is 1.76. The molecular formula is C27H27N3O. The Hall–Kier alpha value is -3.40. The average Bonchev–Trinajstić information content (AvgIpc) is 3.35. The Morgan fingerprint density at radius 2 is 1.65 bits per heavy atom. The molecule has 0 unspecified atom stereocenters. The zero-order valence-electron chi connectivity index (χ0n) is 18.0. The number of rotatable bonds is 5. The Morgan fingerprint density at radius 1 is 0.935 bits per heavy atom. The molecule has 3 aromatic carbocycles. The Bertz CT molecular complexity index is 1210. The number of carbonyl (C=O) groups excluding carboxylic acids is 1. The number of carbonyl (C=O) groups is 1. The minimum atomic E-state index is 0.0787. The van der Waals surface area contributed by atoms with E-state index in [0.29, 0.717) is 18.9 Å². The molecule has 4 aromatic rings. The molecule has 0 saturated carbocycles. The molecule has 1 atom stereocenters. The fraction of sp³-hybridized carbons (Fsp3) is 0.259. The first-order valence-electron chi connectivity index (χ1n) is 11.0. The van der Waals surface area contributed by atoms with Crippen LogP contribution in [-0.2, 0) is 11.3 Å². The lowest BCUT2D eigenvalue weighted by Gasteiger charge is -2.17. The number of anilines is 1. The van der Waals surface area contributed by atoms with Crippen molar-refractivity contribution in [2.24, 2.45) is 0 Å². The summed E-state index contributed by atoms with van der Waals surface area (Å²) in [5.41, 5.74) is 5.66. The van der Waals surface area contributed by atoms with Crippen molar-refractivity contribution < 1.29 is 4.79 Å². The van der Waals surface area contributed by atoms with Crippen molar-refractivity contribution in [2.75, 3.05) is 11.4 Å². The quantitative estimate of drug-likeness (QED) is 0.422. The van der Waals surface area contributed by atoms with Crippen molar-refractivity contribution in [2.45, 2.75) is 38.6 Å². The number of amides is 1. The topological polar surface area (TPSA) is 38.1 Å². The molecule has 1 saturated heterocycles. The number of hydrogen-bond acceptors (Lipinski definition) is 2. The van der Waals surface area contributed by atoms with Crippen molar-refractivity contribution >= 4 is 22.6 Å². The van der Waals surface area contributed by atoms with Crippen molar-refractivity contribution in [3.63, 3.8) is 0 Å². The van der Waals surface area contributed by atoms with E-state index in [4.69, 9.17) is 4.98 Å². The van der Waals surface area contributed by atoms with Gasteiger partial charge in [-0.2, -0.15) is 0 Å². The molecular weight excluding hydrogens is 382 g/mol. The van der Waals surface area contributed by atoms with Crippen molar-refractivity contribution in [3.05, 3.63) is 95.8 Å². The summed E-state index contributed by atoms with van der Waals surface area (Å²) in [6.45, 7) is 5.85. The smallest absolute Gasteiger partial charge is 0.227 e. The molecule has 1 aromatic heterocycles. The average molecular weight is 410 g/mol. The second-order valence-electron chi connectivity index (χ2n) is 8.68. The third-order valence-electron chi connectivity index (χ3n) is 6.23. The van der Waals surface area contributed by atoms with Gasteiger partial charge in [-0.1, -0.05) is 68.4 Å². The standard InChI is InChI=1S/C27H27N3O/c1-19(2)21-14-12-20(13-15-21)17-30-25-11-7-6-10-24(25)28-27(30)22-16-26(31)29(18-22)23-8-4-3-5-9-23/h3-15,19,22H,16-18H2,1-2H3/t22-/m1/s1. The SMILES string of the molecule is CC(C)c1ccc(Cn2c([C@@H]3CC(=O)N(c4ccccc4)C3)nc3ccccc32)cc1. The zero-order chi connectivity index (χ0) is 21.4. The summed E-state index contributed by atoms with van der Waals surface area (Å²) in [4.78, 5) is 19.7. The van der Waals surface area contributed by atoms with Crippen LogP contribution < -0.4 is 4.90 Å². The number of benzene rings is 3. The van der Waals surface area contributed by atoms with Crippen LogP contribution in [0.5, 0.6) is 0 Å². The Labute approximate surface area is 183 Å². The largest absolute Gasteiger partial charge is 0.323 e. The molecule has 0 aliphatic carbocycles. The number of imidazole rings is 1. The van der Waals surface area contributed by atoms with E-state index in [1.165, 1.54) is 11.1 Å². The van der Waals surface area contributed by atoms with Crippen LogP contribution in [0.25, 0.3) is 11.0 Å². The second-order valence-corrected chi connectivity index (χ2v) is 8.68. The first kappa shape index (κ1) is 19.6. The molecule has 0 N–H and O–H groups in total. The highest BCUT2D eigenvalue weighted by molar-refractivity contribution is 5.96. The van der Waals surface area contributed by atoms with E-state index in [2.05, 4.69) is 60.9 Å². The van der Waals surface area contributed by atoms with Gasteiger partial charge in [0.25, 0.3) is 0 Å². The Balaban J connectivity index is 1.50. The van der Waals surface area contributed by atoms with Gasteiger partial charge in [0.1, 0.15) is 5.82 Å². The van der Waals surface area contributed by atoms with Gasteiger partial charge in [-0.05, 0) is 41.3 Å². The fourth-order valence-corrected chi connectivity index (χ4v) is 4.50. The van der Waals surface area contributed by atoms with E-state index in [1.807, 2.05) is 41.3 Å². The summed E-state index contributed by atoms with van der Waals surface area (Å²) < 4.78 is 2.30.